The summed E-state index contributed by atoms with van der Waals surface area (Å²) in [7, 11) is 0. The number of aliphatic hydroxyl groups is 6. The lowest BCUT2D eigenvalue weighted by Crippen LogP contribution is -2.59. The number of carbonyl (C=O) groups excluding carboxylic acids is 5. The van der Waals surface area contributed by atoms with Crippen LogP contribution in [0.2, 0.25) is 0 Å². The molecule has 0 saturated heterocycles. The molecule has 0 unspecified atom stereocenters. The number of rotatable bonds is 23. The summed E-state index contributed by atoms with van der Waals surface area (Å²) >= 11 is 0. The molecule has 13 N–H and O–H groups in total. The Labute approximate surface area is 270 Å². The summed E-state index contributed by atoms with van der Waals surface area (Å²) in [5, 5.41) is 70.3. The Kier molecular flexibility index (Phi) is 21.1. The second-order valence-electron chi connectivity index (χ2n) is 12.0. The number of unbranched alkanes of at least 4 members (excludes halogenated alkanes) is 1. The first-order chi connectivity index (χ1) is 21.5. The minimum Gasteiger partial charge on any atom is -0.394 e. The molecule has 0 aromatic carbocycles. The van der Waals surface area contributed by atoms with Crippen molar-refractivity contribution >= 4 is 29.5 Å². The molecule has 268 valence electrons. The minimum absolute atomic E-state index is 0.0953. The normalized spacial score (nSPS) is 16.7. The molecule has 0 aromatic heterocycles. The van der Waals surface area contributed by atoms with Gasteiger partial charge in [0.25, 0.3) is 5.91 Å². The Balaban J connectivity index is 5.52. The van der Waals surface area contributed by atoms with E-state index in [0.29, 0.717) is 25.8 Å². The summed E-state index contributed by atoms with van der Waals surface area (Å²) in [5.74, 6) is -4.59. The van der Waals surface area contributed by atoms with Crippen molar-refractivity contribution in [2.24, 2.45) is 17.6 Å². The van der Waals surface area contributed by atoms with Crippen LogP contribution in [0, 0.1) is 11.8 Å². The van der Waals surface area contributed by atoms with Crippen molar-refractivity contribution in [3.05, 3.63) is 0 Å². The van der Waals surface area contributed by atoms with Crippen LogP contribution in [0.1, 0.15) is 66.7 Å². The number of nitrogens with two attached hydrogens (primary N) is 1. The van der Waals surface area contributed by atoms with Crippen LogP contribution in [0.4, 0.5) is 0 Å². The molecule has 0 rings (SSSR count). The number of nitrogens with one attached hydrogen (secondary N) is 5. The van der Waals surface area contributed by atoms with Gasteiger partial charge in [-0.2, -0.15) is 0 Å². The van der Waals surface area contributed by atoms with Crippen LogP contribution in [0.3, 0.4) is 0 Å². The number of amides is 5. The van der Waals surface area contributed by atoms with E-state index >= 15 is 0 Å². The van der Waals surface area contributed by atoms with Crippen LogP contribution >= 0.6 is 0 Å². The number of carbonyl (C=O) groups is 5. The molecule has 46 heavy (non-hydrogen) atoms. The molecule has 0 aromatic rings. The van der Waals surface area contributed by atoms with Gasteiger partial charge in [-0.05, 0) is 50.5 Å². The average Bonchev–Trinajstić information content (AvgIpc) is 3.01. The molecule has 8 atom stereocenters. The van der Waals surface area contributed by atoms with Gasteiger partial charge in [0.1, 0.15) is 36.4 Å². The van der Waals surface area contributed by atoms with Crippen LogP contribution < -0.4 is 32.3 Å². The van der Waals surface area contributed by atoms with Gasteiger partial charge in [0, 0.05) is 0 Å². The summed E-state index contributed by atoms with van der Waals surface area (Å²) in [6.07, 6.45) is -6.26. The van der Waals surface area contributed by atoms with Crippen molar-refractivity contribution in [3.8, 4) is 0 Å². The number of hydrogen-bond donors (Lipinski definition) is 12. The molecular weight excluding hydrogens is 608 g/mol. The minimum atomic E-state index is -2.27. The Bertz CT molecular complexity index is 951. The number of hydrogen-bond acceptors (Lipinski definition) is 12. The Morgan fingerprint density at radius 2 is 1.35 bits per heavy atom. The van der Waals surface area contributed by atoms with Gasteiger partial charge >= 0.3 is 0 Å². The van der Waals surface area contributed by atoms with E-state index in [4.69, 9.17) is 10.8 Å². The smallest absolute Gasteiger partial charge is 0.252 e. The van der Waals surface area contributed by atoms with Crippen molar-refractivity contribution in [3.63, 3.8) is 0 Å². The monoisotopic (exact) mass is 664 g/mol. The van der Waals surface area contributed by atoms with Gasteiger partial charge < -0.3 is 63.0 Å². The highest BCUT2D eigenvalue weighted by molar-refractivity contribution is 5.95. The van der Waals surface area contributed by atoms with Gasteiger partial charge in [-0.25, -0.2) is 0 Å². The maximum absolute atomic E-state index is 13.2. The predicted molar refractivity (Wildman–Crippen MR) is 166 cm³/mol. The Morgan fingerprint density at radius 1 is 0.717 bits per heavy atom. The fourth-order valence-electron chi connectivity index (χ4n) is 4.29. The first-order valence-corrected chi connectivity index (χ1v) is 15.7. The van der Waals surface area contributed by atoms with Gasteiger partial charge in [0.2, 0.25) is 23.6 Å². The standard InChI is InChI=1S/C29H56N6O11/c1-6-17(13-36)32-27(44)18(9-7-8-10-30)33-21(39)12-31-26(43)19(11-15(2)3)34-28(45)22(16(4)5)35-29(46)25(42)24(41)23(40)20(38)14-37/h15-20,22-25,36-38,40-42H,6-14,30H2,1-5H3,(H,31,43)(H,32,44)(H,33,39)(H,34,45)(H,35,46)/t17-,18+,19+,20-,22+,23-,24+,25-/m1/s1. The van der Waals surface area contributed by atoms with Crippen molar-refractivity contribution in [1.29, 1.82) is 0 Å². The van der Waals surface area contributed by atoms with Gasteiger partial charge in [-0.1, -0.05) is 34.6 Å². The highest BCUT2D eigenvalue weighted by Gasteiger charge is 2.37. The highest BCUT2D eigenvalue weighted by Crippen LogP contribution is 2.10. The van der Waals surface area contributed by atoms with E-state index in [1.54, 1.807) is 34.6 Å². The third kappa shape index (κ3) is 15.6. The summed E-state index contributed by atoms with van der Waals surface area (Å²) in [5.41, 5.74) is 5.54. The molecule has 0 aliphatic heterocycles. The quantitative estimate of drug-likeness (QED) is 0.0462. The maximum Gasteiger partial charge on any atom is 0.252 e. The second-order valence-corrected chi connectivity index (χ2v) is 12.0. The molecule has 0 fully saturated rings. The van der Waals surface area contributed by atoms with E-state index in [1.807, 2.05) is 0 Å². The first-order valence-electron chi connectivity index (χ1n) is 15.7. The fraction of sp³-hybridized carbons (Fsp3) is 0.828. The second kappa shape index (κ2) is 22.6. The summed E-state index contributed by atoms with van der Waals surface area (Å²) in [6, 6.07) is -3.87. The molecule has 17 nitrogen and oxygen atoms in total. The lowest BCUT2D eigenvalue weighted by atomic mass is 9.98. The first kappa shape index (κ1) is 43.1. The van der Waals surface area contributed by atoms with Gasteiger partial charge in [0.15, 0.2) is 6.10 Å². The zero-order valence-electron chi connectivity index (χ0n) is 27.4. The molecule has 0 heterocycles. The van der Waals surface area contributed by atoms with E-state index in [-0.39, 0.29) is 25.4 Å². The fourth-order valence-corrected chi connectivity index (χ4v) is 4.29. The third-order valence-electron chi connectivity index (χ3n) is 7.19. The molecular formula is C29H56N6O11. The van der Waals surface area contributed by atoms with E-state index in [0.717, 1.165) is 0 Å². The summed E-state index contributed by atoms with van der Waals surface area (Å²) < 4.78 is 0. The van der Waals surface area contributed by atoms with Crippen molar-refractivity contribution in [2.75, 3.05) is 26.3 Å². The topological polar surface area (TPSA) is 293 Å². The van der Waals surface area contributed by atoms with E-state index in [1.165, 1.54) is 0 Å². The molecule has 0 spiro atoms. The SMILES string of the molecule is CC[C@H](CO)NC(=O)[C@H](CCCCN)NC(=O)CNC(=O)[C@H](CC(C)C)NC(=O)[C@@H](NC(=O)[C@H](O)[C@@H](O)[C@H](O)[C@H](O)CO)C(C)C. The van der Waals surface area contributed by atoms with Crippen LogP contribution in [-0.4, -0.2) is 135 Å². The van der Waals surface area contributed by atoms with Crippen LogP contribution in [0.25, 0.3) is 0 Å². The average molecular weight is 665 g/mol. The lowest BCUT2D eigenvalue weighted by molar-refractivity contribution is -0.151. The van der Waals surface area contributed by atoms with Crippen molar-refractivity contribution in [1.82, 2.24) is 26.6 Å². The van der Waals surface area contributed by atoms with Gasteiger partial charge in [0.05, 0.1) is 25.8 Å². The Hall–Kier alpha value is -2.93. The highest BCUT2D eigenvalue weighted by atomic mass is 16.4. The zero-order chi connectivity index (χ0) is 35.6. The molecule has 17 heteroatoms. The summed E-state index contributed by atoms with van der Waals surface area (Å²) in [6.45, 7) is 7.19. The van der Waals surface area contributed by atoms with E-state index < -0.39 is 97.2 Å². The van der Waals surface area contributed by atoms with Crippen molar-refractivity contribution in [2.45, 2.75) is 115 Å². The maximum atomic E-state index is 13.2. The number of aliphatic hydroxyl groups excluding tert-OH is 6. The van der Waals surface area contributed by atoms with Crippen LogP contribution in [0.15, 0.2) is 0 Å². The predicted octanol–water partition coefficient (Wildman–Crippen LogP) is -4.29. The van der Waals surface area contributed by atoms with Gasteiger partial charge in [-0.15, -0.1) is 0 Å². The van der Waals surface area contributed by atoms with E-state index in [9.17, 15) is 49.5 Å². The zero-order valence-corrected chi connectivity index (χ0v) is 27.4. The largest absolute Gasteiger partial charge is 0.394 e. The summed E-state index contributed by atoms with van der Waals surface area (Å²) in [4.78, 5) is 64.3. The molecule has 0 bridgehead atoms. The van der Waals surface area contributed by atoms with Gasteiger partial charge in [-0.3, -0.25) is 24.0 Å². The lowest BCUT2D eigenvalue weighted by Gasteiger charge is -2.29. The third-order valence-corrected chi connectivity index (χ3v) is 7.19. The molecule has 0 aliphatic rings. The van der Waals surface area contributed by atoms with Crippen LogP contribution in [-0.2, 0) is 24.0 Å². The molecule has 0 radical (unpaired) electrons. The Morgan fingerprint density at radius 3 is 1.85 bits per heavy atom. The van der Waals surface area contributed by atoms with Crippen LogP contribution in [0.5, 0.6) is 0 Å². The molecule has 0 saturated carbocycles. The van der Waals surface area contributed by atoms with E-state index in [2.05, 4.69) is 26.6 Å². The molecule has 0 aliphatic carbocycles. The van der Waals surface area contributed by atoms with Crippen molar-refractivity contribution < 1.29 is 54.6 Å². The molecule has 5 amide bonds.